The molecular weight excluding hydrogens is 227 g/mol. The van der Waals surface area contributed by atoms with E-state index in [2.05, 4.69) is 4.98 Å². The largest absolute Gasteiger partial charge is 0.465 e. The highest BCUT2D eigenvalue weighted by atomic mass is 19.4. The van der Waals surface area contributed by atoms with Gasteiger partial charge in [0.05, 0.1) is 18.6 Å². The third-order valence-electron chi connectivity index (χ3n) is 2.44. The monoisotopic (exact) mass is 235 g/mol. The summed E-state index contributed by atoms with van der Waals surface area (Å²) in [5.74, 6) is 0. The van der Waals surface area contributed by atoms with E-state index in [4.69, 9.17) is 5.11 Å². The van der Waals surface area contributed by atoms with Gasteiger partial charge in [0.1, 0.15) is 0 Å². The average molecular weight is 235 g/mol. The van der Waals surface area contributed by atoms with Gasteiger partial charge in [-0.05, 0) is 0 Å². The van der Waals surface area contributed by atoms with Gasteiger partial charge in [0.2, 0.25) is 0 Å². The minimum absolute atomic E-state index is 0.0962. The molecule has 0 atom stereocenters. The van der Waals surface area contributed by atoms with Gasteiger partial charge in [-0.3, -0.25) is 0 Å². The van der Waals surface area contributed by atoms with E-state index in [1.165, 1.54) is 4.57 Å². The van der Waals surface area contributed by atoms with E-state index >= 15 is 0 Å². The molecule has 1 aliphatic heterocycles. The molecule has 0 saturated heterocycles. The maximum Gasteiger partial charge on any atom is 0.435 e. The van der Waals surface area contributed by atoms with Crippen molar-refractivity contribution in [3.05, 3.63) is 17.7 Å². The number of hydrogen-bond acceptors (Lipinski definition) is 2. The summed E-state index contributed by atoms with van der Waals surface area (Å²) in [6, 6.07) is 0. The molecule has 16 heavy (non-hydrogen) atoms. The van der Waals surface area contributed by atoms with Crippen molar-refractivity contribution in [2.45, 2.75) is 19.3 Å². The molecule has 88 valence electrons. The fraction of sp³-hybridized carbons (Fsp3) is 0.500. The number of alkyl halides is 3. The van der Waals surface area contributed by atoms with E-state index in [9.17, 15) is 18.0 Å². The minimum Gasteiger partial charge on any atom is -0.465 e. The molecule has 1 amide bonds. The molecule has 0 aliphatic carbocycles. The van der Waals surface area contributed by atoms with Crippen molar-refractivity contribution in [1.82, 2.24) is 14.5 Å². The number of hydrogen-bond donors (Lipinski definition) is 1. The number of carbonyl (C=O) groups is 1. The molecule has 0 aromatic carbocycles. The first-order valence-corrected chi connectivity index (χ1v) is 4.48. The Bertz CT molecular complexity index is 427. The van der Waals surface area contributed by atoms with Gasteiger partial charge in [-0.1, -0.05) is 0 Å². The number of fused-ring (bicyclic) bond motifs is 1. The molecule has 8 heteroatoms. The van der Waals surface area contributed by atoms with Crippen molar-refractivity contribution in [3.63, 3.8) is 0 Å². The van der Waals surface area contributed by atoms with E-state index in [1.807, 2.05) is 0 Å². The van der Waals surface area contributed by atoms with Gasteiger partial charge in [-0.15, -0.1) is 0 Å². The number of rotatable bonds is 0. The van der Waals surface area contributed by atoms with Crippen molar-refractivity contribution >= 4 is 6.09 Å². The SMILES string of the molecule is O=C(O)N1CCn2cnc(C(F)(F)F)c2C1. The Hall–Kier alpha value is -1.73. The third kappa shape index (κ3) is 1.70. The van der Waals surface area contributed by atoms with Crippen molar-refractivity contribution in [2.75, 3.05) is 6.54 Å². The van der Waals surface area contributed by atoms with Crippen molar-refractivity contribution in [3.8, 4) is 0 Å². The van der Waals surface area contributed by atoms with Crippen molar-refractivity contribution in [2.24, 2.45) is 0 Å². The van der Waals surface area contributed by atoms with Gasteiger partial charge < -0.3 is 14.6 Å². The molecule has 0 fully saturated rings. The zero-order chi connectivity index (χ0) is 11.9. The lowest BCUT2D eigenvalue weighted by Crippen LogP contribution is -2.37. The van der Waals surface area contributed by atoms with Gasteiger partial charge in [-0.2, -0.15) is 13.2 Å². The summed E-state index contributed by atoms with van der Waals surface area (Å²) in [5.41, 5.74) is -1.10. The van der Waals surface area contributed by atoms with Crippen LogP contribution in [0.15, 0.2) is 6.33 Å². The van der Waals surface area contributed by atoms with Crippen LogP contribution in [0.4, 0.5) is 18.0 Å². The molecule has 1 N–H and O–H groups in total. The Morgan fingerprint density at radius 1 is 1.44 bits per heavy atom. The highest BCUT2D eigenvalue weighted by Crippen LogP contribution is 2.32. The van der Waals surface area contributed by atoms with Gasteiger partial charge in [0, 0.05) is 13.1 Å². The Kier molecular flexibility index (Phi) is 2.28. The predicted octanol–water partition coefficient (Wildman–Crippen LogP) is 1.40. The normalized spacial score (nSPS) is 16.1. The average Bonchev–Trinajstić information content (AvgIpc) is 2.58. The van der Waals surface area contributed by atoms with Crippen LogP contribution in [0, 0.1) is 0 Å². The molecule has 2 rings (SSSR count). The lowest BCUT2D eigenvalue weighted by atomic mass is 10.2. The van der Waals surface area contributed by atoms with E-state index in [0.29, 0.717) is 0 Å². The Morgan fingerprint density at radius 3 is 2.69 bits per heavy atom. The summed E-state index contributed by atoms with van der Waals surface area (Å²) in [7, 11) is 0. The van der Waals surface area contributed by atoms with Crippen LogP contribution in [-0.4, -0.2) is 32.2 Å². The van der Waals surface area contributed by atoms with Gasteiger partial charge in [0.15, 0.2) is 5.69 Å². The zero-order valence-electron chi connectivity index (χ0n) is 8.03. The summed E-state index contributed by atoms with van der Waals surface area (Å²) in [4.78, 5) is 14.9. The van der Waals surface area contributed by atoms with Crippen LogP contribution in [0.3, 0.4) is 0 Å². The Morgan fingerprint density at radius 2 is 2.12 bits per heavy atom. The smallest absolute Gasteiger partial charge is 0.435 e. The first kappa shape index (κ1) is 10.8. The second-order valence-electron chi connectivity index (χ2n) is 3.44. The topological polar surface area (TPSA) is 58.4 Å². The molecule has 0 unspecified atom stereocenters. The quantitative estimate of drug-likeness (QED) is 0.739. The summed E-state index contributed by atoms with van der Waals surface area (Å²) in [6.07, 6.45) is -4.67. The molecule has 0 bridgehead atoms. The first-order chi connectivity index (χ1) is 7.39. The van der Waals surface area contributed by atoms with Gasteiger partial charge >= 0.3 is 12.3 Å². The molecule has 0 spiro atoms. The number of halogens is 3. The van der Waals surface area contributed by atoms with Crippen LogP contribution >= 0.6 is 0 Å². The molecule has 2 heterocycles. The summed E-state index contributed by atoms with van der Waals surface area (Å²) < 4.78 is 38.8. The third-order valence-corrected chi connectivity index (χ3v) is 2.44. The summed E-state index contributed by atoms with van der Waals surface area (Å²) >= 11 is 0. The minimum atomic E-state index is -4.54. The molecule has 5 nitrogen and oxygen atoms in total. The van der Waals surface area contributed by atoms with Gasteiger partial charge in [0.25, 0.3) is 0 Å². The lowest BCUT2D eigenvalue weighted by molar-refractivity contribution is -0.142. The Labute approximate surface area is 88.1 Å². The highest BCUT2D eigenvalue weighted by molar-refractivity contribution is 5.65. The fourth-order valence-corrected chi connectivity index (χ4v) is 1.65. The zero-order valence-corrected chi connectivity index (χ0v) is 8.03. The van der Waals surface area contributed by atoms with Crippen molar-refractivity contribution < 1.29 is 23.1 Å². The number of aromatic nitrogens is 2. The molecule has 1 aromatic heterocycles. The number of carboxylic acid groups (broad SMARTS) is 1. The van der Waals surface area contributed by atoms with Crippen molar-refractivity contribution in [1.29, 1.82) is 0 Å². The standard InChI is InChI=1S/C8H8F3N3O2/c9-8(10,11)6-5-3-13(7(15)16)1-2-14(5)4-12-6/h4H,1-3H2,(H,15,16). The van der Waals surface area contributed by atoms with Crippen LogP contribution in [0.2, 0.25) is 0 Å². The summed E-state index contributed by atoms with van der Waals surface area (Å²) in [5, 5.41) is 8.71. The van der Waals surface area contributed by atoms with E-state index in [0.717, 1.165) is 11.2 Å². The first-order valence-electron chi connectivity index (χ1n) is 4.48. The number of imidazole rings is 1. The molecule has 1 aromatic rings. The van der Waals surface area contributed by atoms with Crippen LogP contribution < -0.4 is 0 Å². The summed E-state index contributed by atoms with van der Waals surface area (Å²) in [6.45, 7) is 0.102. The van der Waals surface area contributed by atoms with Crippen LogP contribution in [-0.2, 0) is 19.3 Å². The molecular formula is C8H8F3N3O2. The molecule has 0 radical (unpaired) electrons. The van der Waals surface area contributed by atoms with E-state index < -0.39 is 18.0 Å². The Balaban J connectivity index is 2.35. The number of amides is 1. The molecule has 0 saturated carbocycles. The van der Waals surface area contributed by atoms with E-state index in [1.54, 1.807) is 0 Å². The predicted molar refractivity (Wildman–Crippen MR) is 45.7 cm³/mol. The highest BCUT2D eigenvalue weighted by Gasteiger charge is 2.39. The van der Waals surface area contributed by atoms with Crippen LogP contribution in [0.1, 0.15) is 11.4 Å². The second kappa shape index (κ2) is 3.39. The number of nitrogens with zero attached hydrogens (tertiary/aromatic N) is 3. The fourth-order valence-electron chi connectivity index (χ4n) is 1.65. The van der Waals surface area contributed by atoms with Crippen LogP contribution in [0.25, 0.3) is 0 Å². The maximum atomic E-state index is 12.5. The lowest BCUT2D eigenvalue weighted by Gasteiger charge is -2.26. The maximum absolute atomic E-state index is 12.5. The van der Waals surface area contributed by atoms with Crippen LogP contribution in [0.5, 0.6) is 0 Å². The molecule has 1 aliphatic rings. The van der Waals surface area contributed by atoms with Gasteiger partial charge in [-0.25, -0.2) is 9.78 Å². The second-order valence-corrected chi connectivity index (χ2v) is 3.44. The van der Waals surface area contributed by atoms with E-state index in [-0.39, 0.29) is 25.3 Å².